The number of rotatable bonds is 6. The molecule has 1 amide bonds. The third kappa shape index (κ3) is 3.30. The van der Waals surface area contributed by atoms with E-state index in [-0.39, 0.29) is 30.3 Å². The summed E-state index contributed by atoms with van der Waals surface area (Å²) < 4.78 is 1.19. The minimum Gasteiger partial charge on any atom is -0.477 e. The maximum Gasteiger partial charge on any atom is 0.352 e. The lowest BCUT2D eigenvalue weighted by molar-refractivity contribution is -0.384. The van der Waals surface area contributed by atoms with Crippen molar-refractivity contribution in [2.24, 2.45) is 0 Å². The smallest absolute Gasteiger partial charge is 0.352 e. The topological polar surface area (TPSA) is 114 Å². The second-order valence-corrected chi connectivity index (χ2v) is 3.54. The van der Waals surface area contributed by atoms with Gasteiger partial charge in [-0.1, -0.05) is 0 Å². The Bertz CT molecular complexity index is 480. The van der Waals surface area contributed by atoms with Gasteiger partial charge in [0.1, 0.15) is 5.69 Å². The van der Waals surface area contributed by atoms with E-state index in [0.717, 1.165) is 12.3 Å². The van der Waals surface area contributed by atoms with Crippen LogP contribution in [-0.4, -0.2) is 33.0 Å². The van der Waals surface area contributed by atoms with Crippen LogP contribution in [0.3, 0.4) is 0 Å². The van der Waals surface area contributed by atoms with Crippen LogP contribution in [0.1, 0.15) is 23.8 Å². The number of aromatic carboxylic acids is 1. The van der Waals surface area contributed by atoms with E-state index in [1.54, 1.807) is 6.92 Å². The zero-order valence-corrected chi connectivity index (χ0v) is 9.75. The van der Waals surface area contributed by atoms with Gasteiger partial charge in [0.15, 0.2) is 0 Å². The summed E-state index contributed by atoms with van der Waals surface area (Å²) in [7, 11) is 0. The van der Waals surface area contributed by atoms with Gasteiger partial charge in [0.25, 0.3) is 5.69 Å². The third-order valence-corrected chi connectivity index (χ3v) is 2.27. The molecular formula is C10H13N3O5. The van der Waals surface area contributed by atoms with Crippen LogP contribution in [0, 0.1) is 10.1 Å². The fourth-order valence-corrected chi connectivity index (χ4v) is 1.47. The summed E-state index contributed by atoms with van der Waals surface area (Å²) in [5.41, 5.74) is -0.505. The maximum absolute atomic E-state index is 11.2. The minimum atomic E-state index is -1.26. The summed E-state index contributed by atoms with van der Waals surface area (Å²) in [6, 6.07) is 0.972. The summed E-state index contributed by atoms with van der Waals surface area (Å²) in [6.45, 7) is 2.33. The van der Waals surface area contributed by atoms with Gasteiger partial charge in [-0.25, -0.2) is 4.79 Å². The van der Waals surface area contributed by atoms with Gasteiger partial charge < -0.3 is 15.0 Å². The van der Waals surface area contributed by atoms with E-state index in [9.17, 15) is 19.7 Å². The van der Waals surface area contributed by atoms with E-state index >= 15 is 0 Å². The summed E-state index contributed by atoms with van der Waals surface area (Å²) in [5.74, 6) is -1.50. The van der Waals surface area contributed by atoms with Crippen molar-refractivity contribution >= 4 is 17.6 Å². The Balaban J connectivity index is 2.83. The molecule has 1 heterocycles. The minimum absolute atomic E-state index is 0.0694. The number of hydrogen-bond donors (Lipinski definition) is 2. The highest BCUT2D eigenvalue weighted by Crippen LogP contribution is 2.16. The Labute approximate surface area is 102 Å². The lowest BCUT2D eigenvalue weighted by atomic mass is 10.3. The largest absolute Gasteiger partial charge is 0.477 e. The highest BCUT2D eigenvalue weighted by molar-refractivity contribution is 5.87. The van der Waals surface area contributed by atoms with Crippen LogP contribution in [0.25, 0.3) is 0 Å². The zero-order valence-electron chi connectivity index (χ0n) is 9.75. The molecule has 0 radical (unpaired) electrons. The number of amides is 1. The highest BCUT2D eigenvalue weighted by atomic mass is 16.6. The summed E-state index contributed by atoms with van der Waals surface area (Å²) in [5, 5.41) is 22.0. The van der Waals surface area contributed by atoms with Crippen molar-refractivity contribution in [3.05, 3.63) is 28.1 Å². The summed E-state index contributed by atoms with van der Waals surface area (Å²) >= 11 is 0. The molecule has 8 heteroatoms. The lowest BCUT2D eigenvalue weighted by Crippen LogP contribution is -2.24. The molecule has 98 valence electrons. The Hall–Kier alpha value is -2.38. The Morgan fingerprint density at radius 3 is 2.72 bits per heavy atom. The molecular weight excluding hydrogens is 242 g/mol. The van der Waals surface area contributed by atoms with Crippen molar-refractivity contribution in [1.82, 2.24) is 9.88 Å². The average molecular weight is 255 g/mol. The highest BCUT2D eigenvalue weighted by Gasteiger charge is 2.18. The number of hydrogen-bond acceptors (Lipinski definition) is 4. The molecule has 0 fully saturated rings. The molecule has 0 aliphatic rings. The molecule has 18 heavy (non-hydrogen) atoms. The van der Waals surface area contributed by atoms with Gasteiger partial charge in [0.2, 0.25) is 5.91 Å². The average Bonchev–Trinajstić information content (AvgIpc) is 2.71. The quantitative estimate of drug-likeness (QED) is 0.571. The fraction of sp³-hybridized carbons (Fsp3) is 0.400. The lowest BCUT2D eigenvalue weighted by Gasteiger charge is -2.05. The van der Waals surface area contributed by atoms with E-state index < -0.39 is 10.9 Å². The van der Waals surface area contributed by atoms with E-state index in [1.165, 1.54) is 4.57 Å². The van der Waals surface area contributed by atoms with E-state index in [0.29, 0.717) is 6.54 Å². The number of carboxylic acids is 1. The molecule has 0 bridgehead atoms. The van der Waals surface area contributed by atoms with Crippen LogP contribution >= 0.6 is 0 Å². The first kappa shape index (κ1) is 13.7. The Morgan fingerprint density at radius 2 is 2.22 bits per heavy atom. The normalized spacial score (nSPS) is 10.1. The van der Waals surface area contributed by atoms with Gasteiger partial charge in [0.05, 0.1) is 11.1 Å². The predicted molar refractivity (Wildman–Crippen MR) is 61.3 cm³/mol. The number of carbonyl (C=O) groups is 2. The van der Waals surface area contributed by atoms with Crippen LogP contribution in [0.2, 0.25) is 0 Å². The van der Waals surface area contributed by atoms with Crippen LogP contribution in [0.4, 0.5) is 5.69 Å². The van der Waals surface area contributed by atoms with Crippen molar-refractivity contribution in [3.8, 4) is 0 Å². The molecule has 2 N–H and O–H groups in total. The fourth-order valence-electron chi connectivity index (χ4n) is 1.47. The molecule has 0 atom stereocenters. The molecule has 0 aliphatic heterocycles. The Morgan fingerprint density at radius 1 is 1.56 bits per heavy atom. The zero-order chi connectivity index (χ0) is 13.7. The molecule has 0 aromatic carbocycles. The standard InChI is InChI=1S/C10H13N3O5/c1-2-11-9(14)3-4-12-6-7(13(17)18)5-8(12)10(15)16/h5-6H,2-4H2,1H3,(H,11,14)(H,15,16). The first-order chi connectivity index (χ1) is 8.45. The molecule has 1 aromatic rings. The van der Waals surface area contributed by atoms with Gasteiger partial charge >= 0.3 is 5.97 Å². The van der Waals surface area contributed by atoms with Gasteiger partial charge in [-0.3, -0.25) is 14.9 Å². The van der Waals surface area contributed by atoms with E-state index in [2.05, 4.69) is 5.32 Å². The van der Waals surface area contributed by atoms with Gasteiger partial charge in [-0.05, 0) is 6.92 Å². The van der Waals surface area contributed by atoms with Crippen LogP contribution in [0.15, 0.2) is 12.3 Å². The molecule has 0 unspecified atom stereocenters. The molecule has 0 aliphatic carbocycles. The first-order valence-electron chi connectivity index (χ1n) is 5.30. The summed E-state index contributed by atoms with van der Waals surface area (Å²) in [6.07, 6.45) is 1.18. The number of carbonyl (C=O) groups excluding carboxylic acids is 1. The molecule has 0 saturated carbocycles. The van der Waals surface area contributed by atoms with Crippen molar-refractivity contribution in [3.63, 3.8) is 0 Å². The maximum atomic E-state index is 11.2. The van der Waals surface area contributed by atoms with Crippen LogP contribution in [0.5, 0.6) is 0 Å². The number of nitrogens with zero attached hydrogens (tertiary/aromatic N) is 2. The third-order valence-electron chi connectivity index (χ3n) is 2.27. The molecule has 1 rings (SSSR count). The monoisotopic (exact) mass is 255 g/mol. The first-order valence-corrected chi connectivity index (χ1v) is 5.30. The number of nitro groups is 1. The SMILES string of the molecule is CCNC(=O)CCn1cc([N+](=O)[O-])cc1C(=O)O. The number of carboxylic acid groups (broad SMARTS) is 1. The predicted octanol–water partition coefficient (Wildman–Crippen LogP) is 0.621. The number of aryl methyl sites for hydroxylation is 1. The van der Waals surface area contributed by atoms with Gasteiger partial charge in [-0.15, -0.1) is 0 Å². The van der Waals surface area contributed by atoms with Crippen LogP contribution < -0.4 is 5.32 Å². The molecule has 8 nitrogen and oxygen atoms in total. The molecule has 0 spiro atoms. The van der Waals surface area contributed by atoms with Gasteiger partial charge in [0, 0.05) is 25.6 Å². The number of nitrogens with one attached hydrogen (secondary N) is 1. The molecule has 1 aromatic heterocycles. The number of aromatic nitrogens is 1. The van der Waals surface area contributed by atoms with E-state index in [1.807, 2.05) is 0 Å². The molecule has 0 saturated heterocycles. The second-order valence-electron chi connectivity index (χ2n) is 3.54. The van der Waals surface area contributed by atoms with Crippen molar-refractivity contribution < 1.29 is 19.6 Å². The van der Waals surface area contributed by atoms with Gasteiger partial charge in [-0.2, -0.15) is 0 Å². The van der Waals surface area contributed by atoms with Crippen LogP contribution in [-0.2, 0) is 11.3 Å². The van der Waals surface area contributed by atoms with E-state index in [4.69, 9.17) is 5.11 Å². The summed E-state index contributed by atoms with van der Waals surface area (Å²) in [4.78, 5) is 32.0. The van der Waals surface area contributed by atoms with Crippen molar-refractivity contribution in [1.29, 1.82) is 0 Å². The Kier molecular flexibility index (Phi) is 4.41. The van der Waals surface area contributed by atoms with Crippen molar-refractivity contribution in [2.45, 2.75) is 19.9 Å². The van der Waals surface area contributed by atoms with Crippen molar-refractivity contribution in [2.75, 3.05) is 6.54 Å². The second kappa shape index (κ2) is 5.80.